The van der Waals surface area contributed by atoms with Crippen molar-refractivity contribution in [1.29, 1.82) is 0 Å². The van der Waals surface area contributed by atoms with Gasteiger partial charge in [0.1, 0.15) is 0 Å². The zero-order valence-electron chi connectivity index (χ0n) is 22.5. The van der Waals surface area contributed by atoms with Gasteiger partial charge in [-0.2, -0.15) is 0 Å². The van der Waals surface area contributed by atoms with E-state index in [2.05, 4.69) is 34.1 Å². The molecule has 0 radical (unpaired) electrons. The topological polar surface area (TPSA) is 6.48 Å². The summed E-state index contributed by atoms with van der Waals surface area (Å²) < 4.78 is 0. The van der Waals surface area contributed by atoms with Crippen LogP contribution in [0.3, 0.4) is 0 Å². The second kappa shape index (κ2) is 15.5. The quantitative estimate of drug-likeness (QED) is 0.330. The third kappa shape index (κ3) is 9.12. The number of hydrogen-bond acceptors (Lipinski definition) is 2. The molecule has 0 amide bonds. The van der Waals surface area contributed by atoms with Crippen molar-refractivity contribution in [2.24, 2.45) is 23.7 Å². The zero-order chi connectivity index (χ0) is 23.3. The van der Waals surface area contributed by atoms with E-state index in [-0.39, 0.29) is 0 Å². The monoisotopic (exact) mass is 468 g/mol. The summed E-state index contributed by atoms with van der Waals surface area (Å²) in [4.78, 5) is 5.79. The number of piperidine rings is 2. The van der Waals surface area contributed by atoms with Crippen LogP contribution in [0, 0.1) is 23.7 Å². The molecule has 6 atom stereocenters. The summed E-state index contributed by atoms with van der Waals surface area (Å²) in [5.41, 5.74) is 0. The van der Waals surface area contributed by atoms with Gasteiger partial charge < -0.3 is 9.80 Å². The Bertz CT molecular complexity index is 596. The molecule has 0 aromatic heterocycles. The minimum atomic E-state index is 0.926. The van der Waals surface area contributed by atoms with Crippen molar-refractivity contribution in [2.45, 2.75) is 116 Å². The Balaban J connectivity index is 1.47. The average Bonchev–Trinajstić information content (AvgIpc) is 2.85. The molecule has 2 unspecified atom stereocenters. The number of rotatable bonds is 0. The Morgan fingerprint density at radius 3 is 1.91 bits per heavy atom. The lowest BCUT2D eigenvalue weighted by Gasteiger charge is -2.47. The maximum atomic E-state index is 2.94. The molecule has 0 aromatic carbocycles. The van der Waals surface area contributed by atoms with Crippen LogP contribution < -0.4 is 0 Å². The summed E-state index contributed by atoms with van der Waals surface area (Å²) in [5.74, 6) is 3.82. The predicted octanol–water partition coefficient (Wildman–Crippen LogP) is 8.24. The van der Waals surface area contributed by atoms with Gasteiger partial charge in [-0.1, -0.05) is 56.4 Å². The summed E-state index contributed by atoms with van der Waals surface area (Å²) >= 11 is 0. The maximum Gasteiger partial charge on any atom is 0.00127 e. The first kappa shape index (κ1) is 26.5. The van der Waals surface area contributed by atoms with Crippen molar-refractivity contribution < 1.29 is 0 Å². The lowest BCUT2D eigenvalue weighted by Crippen LogP contribution is -2.49. The second-order valence-electron chi connectivity index (χ2n) is 12.3. The average molecular weight is 469 g/mol. The molecule has 5 aliphatic rings. The van der Waals surface area contributed by atoms with Crippen molar-refractivity contribution in [3.63, 3.8) is 0 Å². The van der Waals surface area contributed by atoms with Crippen molar-refractivity contribution >= 4 is 0 Å². The summed E-state index contributed by atoms with van der Waals surface area (Å²) in [6.07, 6.45) is 35.4. The Hall–Kier alpha value is -0.600. The molecular weight excluding hydrogens is 412 g/mol. The highest BCUT2D eigenvalue weighted by Crippen LogP contribution is 2.40. The molecule has 0 N–H and O–H groups in total. The smallest absolute Gasteiger partial charge is 0.00127 e. The van der Waals surface area contributed by atoms with E-state index in [4.69, 9.17) is 0 Å². The molecule has 0 saturated carbocycles. The molecule has 0 aliphatic carbocycles. The molecule has 0 spiro atoms. The van der Waals surface area contributed by atoms with E-state index in [0.717, 1.165) is 23.7 Å². The number of allylic oxidation sites excluding steroid dienone is 4. The fraction of sp³-hybridized carbons (Fsp3) is 0.875. The lowest BCUT2D eigenvalue weighted by molar-refractivity contribution is 0.0196. The van der Waals surface area contributed by atoms with Gasteiger partial charge in [0.15, 0.2) is 0 Å². The Labute approximate surface area is 212 Å². The van der Waals surface area contributed by atoms with Crippen LogP contribution in [-0.4, -0.2) is 49.1 Å². The van der Waals surface area contributed by atoms with Gasteiger partial charge in [-0.3, -0.25) is 0 Å². The van der Waals surface area contributed by atoms with Crippen LogP contribution in [0.25, 0.3) is 0 Å². The maximum absolute atomic E-state index is 2.94. The standard InChI is InChI=1S/C32H56N2/c1-2-5-10-14-18-23-34-26-29-19-15-11-7-4-6-9-13-17-22-33-24-21-32(31(25-29)28-34)30(27-33)20-16-12-8-3-1/h4,6,8,12,29-32H,1-3,5,7,9-11,13-28H2/t29-,30+,31+,32-/m0/s1. The van der Waals surface area contributed by atoms with Crippen molar-refractivity contribution in [1.82, 2.24) is 9.80 Å². The van der Waals surface area contributed by atoms with Gasteiger partial charge >= 0.3 is 0 Å². The van der Waals surface area contributed by atoms with Crippen molar-refractivity contribution in [3.8, 4) is 0 Å². The molecule has 0 aromatic rings. The highest BCUT2D eigenvalue weighted by molar-refractivity contribution is 4.92. The molecule has 2 heteroatoms. The molecule has 194 valence electrons. The van der Waals surface area contributed by atoms with E-state index in [1.165, 1.54) is 155 Å². The molecule has 5 rings (SSSR count). The third-order valence-corrected chi connectivity index (χ3v) is 9.59. The van der Waals surface area contributed by atoms with Crippen LogP contribution in [-0.2, 0) is 0 Å². The van der Waals surface area contributed by atoms with E-state index in [1.54, 1.807) is 0 Å². The Morgan fingerprint density at radius 2 is 1.06 bits per heavy atom. The van der Waals surface area contributed by atoms with Crippen LogP contribution in [0.5, 0.6) is 0 Å². The van der Waals surface area contributed by atoms with Gasteiger partial charge in [0.25, 0.3) is 0 Å². The Kier molecular flexibility index (Phi) is 12.1. The van der Waals surface area contributed by atoms with E-state index < -0.39 is 0 Å². The van der Waals surface area contributed by atoms with Crippen molar-refractivity contribution in [3.05, 3.63) is 24.3 Å². The third-order valence-electron chi connectivity index (χ3n) is 9.59. The van der Waals surface area contributed by atoms with Crippen molar-refractivity contribution in [2.75, 3.05) is 39.3 Å². The summed E-state index contributed by atoms with van der Waals surface area (Å²) in [5, 5.41) is 0. The minimum Gasteiger partial charge on any atom is -0.303 e. The first-order chi connectivity index (χ1) is 16.9. The van der Waals surface area contributed by atoms with E-state index in [0.29, 0.717) is 0 Å². The second-order valence-corrected chi connectivity index (χ2v) is 12.3. The largest absolute Gasteiger partial charge is 0.303 e. The van der Waals surface area contributed by atoms with Crippen LogP contribution in [0.4, 0.5) is 0 Å². The van der Waals surface area contributed by atoms with Gasteiger partial charge in [0, 0.05) is 19.6 Å². The van der Waals surface area contributed by atoms with Gasteiger partial charge in [0.05, 0.1) is 0 Å². The van der Waals surface area contributed by atoms with Gasteiger partial charge in [-0.15, -0.1) is 0 Å². The fourth-order valence-electron chi connectivity index (χ4n) is 7.68. The van der Waals surface area contributed by atoms with Crippen LogP contribution >= 0.6 is 0 Å². The molecule has 34 heavy (non-hydrogen) atoms. The fourth-order valence-corrected chi connectivity index (χ4v) is 7.68. The molecule has 5 heterocycles. The van der Waals surface area contributed by atoms with E-state index in [9.17, 15) is 0 Å². The molecule has 2 saturated heterocycles. The highest BCUT2D eigenvalue weighted by atomic mass is 15.1. The van der Waals surface area contributed by atoms with Gasteiger partial charge in [-0.25, -0.2) is 0 Å². The molecular formula is C32H56N2. The van der Waals surface area contributed by atoms with Crippen LogP contribution in [0.15, 0.2) is 24.3 Å². The van der Waals surface area contributed by atoms with Crippen LogP contribution in [0.2, 0.25) is 0 Å². The van der Waals surface area contributed by atoms with E-state index >= 15 is 0 Å². The predicted molar refractivity (Wildman–Crippen MR) is 148 cm³/mol. The SMILES string of the molecule is C1=CCC[C@@H]2CN3CCCCC=CCCCC[C@H]4C[C@H](CN(CCCCCCCC1)C4)[C@H]2CC3. The number of fused-ring (bicyclic) bond motifs is 10. The molecule has 2 fully saturated rings. The van der Waals surface area contributed by atoms with Gasteiger partial charge in [0.2, 0.25) is 0 Å². The molecule has 5 aliphatic heterocycles. The summed E-state index contributed by atoms with van der Waals surface area (Å²) in [7, 11) is 0. The normalized spacial score (nSPS) is 37.9. The highest BCUT2D eigenvalue weighted by Gasteiger charge is 2.38. The molecule has 2 nitrogen and oxygen atoms in total. The van der Waals surface area contributed by atoms with Crippen LogP contribution in [0.1, 0.15) is 116 Å². The lowest BCUT2D eigenvalue weighted by atomic mass is 9.69. The first-order valence-corrected chi connectivity index (χ1v) is 15.6. The molecule has 6 bridgehead atoms. The zero-order valence-corrected chi connectivity index (χ0v) is 22.5. The summed E-state index contributed by atoms with van der Waals surface area (Å²) in [6.45, 7) is 8.28. The number of hydrogen-bond donors (Lipinski definition) is 0. The number of nitrogens with zero attached hydrogens (tertiary/aromatic N) is 2. The van der Waals surface area contributed by atoms with E-state index in [1.807, 2.05) is 0 Å². The summed E-state index contributed by atoms with van der Waals surface area (Å²) in [6, 6.07) is 0. The van der Waals surface area contributed by atoms with Gasteiger partial charge in [-0.05, 0) is 127 Å². The Morgan fingerprint density at radius 1 is 0.441 bits per heavy atom. The first-order valence-electron chi connectivity index (χ1n) is 15.6. The minimum absolute atomic E-state index is 0.926.